The number of hydrogen-bond acceptors (Lipinski definition) is 3. The fraction of sp³-hybridized carbons (Fsp3) is 0.250. The topological polar surface area (TPSA) is 47.6 Å². The van der Waals surface area contributed by atoms with E-state index in [-0.39, 0.29) is 5.91 Å². The lowest BCUT2D eigenvalue weighted by Crippen LogP contribution is -2.20. The highest BCUT2D eigenvalue weighted by Crippen LogP contribution is 1.99. The molecule has 1 rings (SSSR count). The largest absolute Gasteiger partial charge is 0.282 e. The highest BCUT2D eigenvalue weighted by atomic mass is 17.3. The van der Waals surface area contributed by atoms with Crippen LogP contribution in [-0.2, 0) is 14.7 Å². The Balaban J connectivity index is 2.54. The van der Waals surface area contributed by atoms with Crippen molar-refractivity contribution in [2.75, 3.05) is 0 Å². The SMILES string of the molecule is C=CC1OONC1=O. The molecule has 0 aromatic rings. The van der Waals surface area contributed by atoms with Crippen molar-refractivity contribution in [3.05, 3.63) is 12.7 Å². The zero-order valence-electron chi connectivity index (χ0n) is 4.09. The second-order valence-electron chi connectivity index (χ2n) is 1.30. The van der Waals surface area contributed by atoms with Gasteiger partial charge in [-0.15, -0.1) is 4.99 Å². The smallest absolute Gasteiger partial charge is 0.269 e. The minimum atomic E-state index is -0.644. The summed E-state index contributed by atoms with van der Waals surface area (Å²) in [5.74, 6) is -0.319. The van der Waals surface area contributed by atoms with E-state index >= 15 is 0 Å². The minimum absolute atomic E-state index is 0.319. The standard InChI is InChI=1S/C4H5NO3/c1-2-3-4(6)5-8-7-3/h2-3H,1H2,(H,5,6). The Bertz CT molecular complexity index is 122. The Morgan fingerprint density at radius 1 is 1.88 bits per heavy atom. The van der Waals surface area contributed by atoms with Crippen molar-refractivity contribution in [3.63, 3.8) is 0 Å². The van der Waals surface area contributed by atoms with Gasteiger partial charge in [-0.25, -0.2) is 0 Å². The molecule has 0 bridgehead atoms. The summed E-state index contributed by atoms with van der Waals surface area (Å²) < 4.78 is 0. The molecule has 1 atom stereocenters. The summed E-state index contributed by atoms with van der Waals surface area (Å²) in [7, 11) is 0. The van der Waals surface area contributed by atoms with E-state index < -0.39 is 6.10 Å². The Morgan fingerprint density at radius 2 is 2.62 bits per heavy atom. The predicted molar refractivity (Wildman–Crippen MR) is 24.3 cm³/mol. The zero-order chi connectivity index (χ0) is 5.98. The molecular formula is C4H5NO3. The number of hydroxylamine groups is 1. The average Bonchev–Trinajstić information content (AvgIpc) is 2.14. The van der Waals surface area contributed by atoms with Crippen LogP contribution in [0.4, 0.5) is 0 Å². The van der Waals surface area contributed by atoms with Gasteiger partial charge in [-0.1, -0.05) is 12.7 Å². The number of carbonyl (C=O) groups excluding carboxylic acids is 1. The van der Waals surface area contributed by atoms with Gasteiger partial charge in [-0.05, 0) is 0 Å². The number of nitrogens with one attached hydrogen (secondary N) is 1. The Labute approximate surface area is 46.0 Å². The van der Waals surface area contributed by atoms with Gasteiger partial charge in [0.1, 0.15) is 0 Å². The first-order valence-electron chi connectivity index (χ1n) is 2.09. The first-order chi connectivity index (χ1) is 3.84. The number of hydrogen-bond donors (Lipinski definition) is 1. The van der Waals surface area contributed by atoms with E-state index in [0.29, 0.717) is 0 Å². The normalized spacial score (nSPS) is 27.5. The molecule has 0 aliphatic carbocycles. The highest BCUT2D eigenvalue weighted by molar-refractivity contribution is 5.82. The van der Waals surface area contributed by atoms with Gasteiger partial charge in [0.05, 0.1) is 0 Å². The maximum Gasteiger partial charge on any atom is 0.282 e. The number of rotatable bonds is 1. The summed E-state index contributed by atoms with van der Waals surface area (Å²) in [4.78, 5) is 18.8. The Kier molecular flexibility index (Phi) is 1.27. The van der Waals surface area contributed by atoms with Crippen molar-refractivity contribution in [2.24, 2.45) is 0 Å². The molecular weight excluding hydrogens is 110 g/mol. The van der Waals surface area contributed by atoms with Gasteiger partial charge in [0.2, 0.25) is 0 Å². The summed E-state index contributed by atoms with van der Waals surface area (Å²) in [5, 5.41) is 0. The lowest BCUT2D eigenvalue weighted by molar-refractivity contribution is -0.299. The lowest BCUT2D eigenvalue weighted by Gasteiger charge is -1.88. The van der Waals surface area contributed by atoms with Crippen molar-refractivity contribution in [2.45, 2.75) is 6.10 Å². The molecule has 4 heteroatoms. The quantitative estimate of drug-likeness (QED) is 0.371. The molecule has 1 aliphatic rings. The summed E-state index contributed by atoms with van der Waals surface area (Å²) in [6.07, 6.45) is 0.706. The van der Waals surface area contributed by atoms with Crippen LogP contribution in [0.2, 0.25) is 0 Å². The molecule has 1 unspecified atom stereocenters. The molecule has 1 saturated heterocycles. The van der Waals surface area contributed by atoms with Crippen LogP contribution in [0.25, 0.3) is 0 Å². The maximum absolute atomic E-state index is 10.4. The van der Waals surface area contributed by atoms with Crippen LogP contribution in [0, 0.1) is 0 Å². The first-order valence-corrected chi connectivity index (χ1v) is 2.09. The zero-order valence-corrected chi connectivity index (χ0v) is 4.09. The Hall–Kier alpha value is -0.870. The van der Waals surface area contributed by atoms with E-state index in [9.17, 15) is 4.79 Å². The van der Waals surface area contributed by atoms with Crippen LogP contribution < -0.4 is 5.48 Å². The fourth-order valence-corrected chi connectivity index (χ4v) is 0.365. The van der Waals surface area contributed by atoms with Gasteiger partial charge in [-0.2, -0.15) is 10.4 Å². The second kappa shape index (κ2) is 1.94. The highest BCUT2D eigenvalue weighted by Gasteiger charge is 2.23. The van der Waals surface area contributed by atoms with Crippen LogP contribution in [0.3, 0.4) is 0 Å². The van der Waals surface area contributed by atoms with E-state index in [1.165, 1.54) is 6.08 Å². The van der Waals surface area contributed by atoms with Crippen molar-refractivity contribution >= 4 is 5.91 Å². The van der Waals surface area contributed by atoms with Gasteiger partial charge in [-0.3, -0.25) is 4.79 Å². The number of amides is 1. The van der Waals surface area contributed by atoms with Crippen LogP contribution in [0.15, 0.2) is 12.7 Å². The maximum atomic E-state index is 10.4. The molecule has 4 nitrogen and oxygen atoms in total. The second-order valence-corrected chi connectivity index (χ2v) is 1.30. The monoisotopic (exact) mass is 115 g/mol. The van der Waals surface area contributed by atoms with Crippen molar-refractivity contribution < 1.29 is 14.7 Å². The summed E-state index contributed by atoms with van der Waals surface area (Å²) in [6.45, 7) is 3.33. The lowest BCUT2D eigenvalue weighted by atomic mass is 10.3. The van der Waals surface area contributed by atoms with E-state index in [1.807, 2.05) is 5.48 Å². The first kappa shape index (κ1) is 5.27. The van der Waals surface area contributed by atoms with Crippen molar-refractivity contribution in [3.8, 4) is 0 Å². The summed E-state index contributed by atoms with van der Waals surface area (Å²) >= 11 is 0. The third-order valence-electron chi connectivity index (χ3n) is 0.767. The van der Waals surface area contributed by atoms with Gasteiger partial charge < -0.3 is 0 Å². The Morgan fingerprint density at radius 3 is 2.88 bits per heavy atom. The van der Waals surface area contributed by atoms with Crippen molar-refractivity contribution in [1.82, 2.24) is 5.48 Å². The van der Waals surface area contributed by atoms with Gasteiger partial charge >= 0.3 is 0 Å². The van der Waals surface area contributed by atoms with E-state index in [2.05, 4.69) is 16.5 Å². The van der Waals surface area contributed by atoms with E-state index in [1.54, 1.807) is 0 Å². The minimum Gasteiger partial charge on any atom is -0.269 e. The molecule has 1 amide bonds. The summed E-state index contributed by atoms with van der Waals surface area (Å²) in [5.41, 5.74) is 1.99. The molecule has 1 N–H and O–H groups in total. The van der Waals surface area contributed by atoms with Crippen molar-refractivity contribution in [1.29, 1.82) is 0 Å². The predicted octanol–water partition coefficient (Wildman–Crippen LogP) is -0.466. The molecule has 0 radical (unpaired) electrons. The number of carbonyl (C=O) groups is 1. The third-order valence-corrected chi connectivity index (χ3v) is 0.767. The van der Waals surface area contributed by atoms with Crippen LogP contribution in [0.1, 0.15) is 0 Å². The van der Waals surface area contributed by atoms with Gasteiger partial charge in [0.25, 0.3) is 5.91 Å². The van der Waals surface area contributed by atoms with Crippen LogP contribution in [0.5, 0.6) is 0 Å². The molecule has 0 spiro atoms. The molecule has 0 saturated carbocycles. The third kappa shape index (κ3) is 0.706. The van der Waals surface area contributed by atoms with Crippen LogP contribution >= 0.6 is 0 Å². The molecule has 1 fully saturated rings. The molecule has 0 aromatic carbocycles. The van der Waals surface area contributed by atoms with E-state index in [4.69, 9.17) is 0 Å². The molecule has 0 aromatic heterocycles. The summed E-state index contributed by atoms with van der Waals surface area (Å²) in [6, 6.07) is 0. The molecule has 44 valence electrons. The van der Waals surface area contributed by atoms with E-state index in [0.717, 1.165) is 0 Å². The fourth-order valence-electron chi connectivity index (χ4n) is 0.365. The molecule has 8 heavy (non-hydrogen) atoms. The van der Waals surface area contributed by atoms with Gasteiger partial charge in [0, 0.05) is 0 Å². The average molecular weight is 115 g/mol. The molecule has 1 aliphatic heterocycles. The van der Waals surface area contributed by atoms with Gasteiger partial charge in [0.15, 0.2) is 6.10 Å². The molecule has 1 heterocycles. The van der Waals surface area contributed by atoms with Crippen LogP contribution in [-0.4, -0.2) is 12.0 Å².